The second kappa shape index (κ2) is 8.39. The van der Waals surface area contributed by atoms with E-state index in [1.54, 1.807) is 0 Å². The van der Waals surface area contributed by atoms with Crippen molar-refractivity contribution in [2.24, 2.45) is 0 Å². The summed E-state index contributed by atoms with van der Waals surface area (Å²) in [6, 6.07) is 5.59. The van der Waals surface area contributed by atoms with Gasteiger partial charge in [-0.1, -0.05) is 12.5 Å². The number of rotatable bonds is 9. The van der Waals surface area contributed by atoms with E-state index in [0.29, 0.717) is 6.54 Å². The molecule has 2 rings (SSSR count). The zero-order valence-corrected chi connectivity index (χ0v) is 12.7. The summed E-state index contributed by atoms with van der Waals surface area (Å²) in [5, 5.41) is 13.4. The van der Waals surface area contributed by atoms with E-state index in [1.807, 2.05) is 30.0 Å². The Morgan fingerprint density at radius 1 is 1.25 bits per heavy atom. The maximum Gasteiger partial charge on any atom is 0.231 e. The van der Waals surface area contributed by atoms with Gasteiger partial charge in [-0.3, -0.25) is 0 Å². The van der Waals surface area contributed by atoms with E-state index in [9.17, 15) is 5.11 Å². The predicted octanol–water partition coefficient (Wildman–Crippen LogP) is 2.57. The van der Waals surface area contributed by atoms with Gasteiger partial charge in [0.1, 0.15) is 0 Å². The van der Waals surface area contributed by atoms with Gasteiger partial charge in [-0.2, -0.15) is 11.8 Å². The molecular weight excluding hydrogens is 274 g/mol. The Balaban J connectivity index is 1.66. The van der Waals surface area contributed by atoms with Gasteiger partial charge in [-0.05, 0) is 49.1 Å². The summed E-state index contributed by atoms with van der Waals surface area (Å²) in [5.41, 5.74) is 0.865. The molecule has 1 aromatic carbocycles. The molecule has 0 fully saturated rings. The second-order valence-electron chi connectivity index (χ2n) is 4.89. The molecule has 112 valence electrons. The van der Waals surface area contributed by atoms with Crippen LogP contribution >= 0.6 is 11.8 Å². The van der Waals surface area contributed by atoms with Gasteiger partial charge in [-0.15, -0.1) is 0 Å². The van der Waals surface area contributed by atoms with Crippen LogP contribution in [0.1, 0.15) is 30.9 Å². The van der Waals surface area contributed by atoms with E-state index in [4.69, 9.17) is 9.47 Å². The molecular formula is C15H23NO3S. The van der Waals surface area contributed by atoms with Crippen molar-refractivity contribution in [1.82, 2.24) is 5.32 Å². The van der Waals surface area contributed by atoms with Crippen LogP contribution < -0.4 is 14.8 Å². The van der Waals surface area contributed by atoms with E-state index in [1.165, 1.54) is 18.6 Å². The maximum absolute atomic E-state index is 10.1. The molecule has 1 atom stereocenters. The molecule has 2 N–H and O–H groups in total. The molecule has 0 saturated heterocycles. The lowest BCUT2D eigenvalue weighted by atomic mass is 10.1. The Bertz CT molecular complexity index is 414. The topological polar surface area (TPSA) is 50.7 Å². The molecule has 1 aliphatic rings. The van der Waals surface area contributed by atoms with Gasteiger partial charge in [0.05, 0.1) is 6.10 Å². The number of unbranched alkanes of at least 4 members (excludes halogenated alkanes) is 2. The van der Waals surface area contributed by atoms with Crippen LogP contribution in [-0.4, -0.2) is 37.0 Å². The second-order valence-corrected chi connectivity index (χ2v) is 5.87. The van der Waals surface area contributed by atoms with Crippen molar-refractivity contribution in [3.05, 3.63) is 23.8 Å². The fourth-order valence-electron chi connectivity index (χ4n) is 2.15. The van der Waals surface area contributed by atoms with Crippen LogP contribution in [0.15, 0.2) is 18.2 Å². The fraction of sp³-hybridized carbons (Fsp3) is 0.600. The number of fused-ring (bicyclic) bond motifs is 1. The Morgan fingerprint density at radius 2 is 2.10 bits per heavy atom. The first-order valence-electron chi connectivity index (χ1n) is 7.08. The summed E-state index contributed by atoms with van der Waals surface area (Å²) in [6.07, 6.45) is 5.31. The predicted molar refractivity (Wildman–Crippen MR) is 82.6 cm³/mol. The Hall–Kier alpha value is -0.910. The maximum atomic E-state index is 10.1. The molecule has 0 aliphatic carbocycles. The zero-order chi connectivity index (χ0) is 14.2. The van der Waals surface area contributed by atoms with E-state index in [-0.39, 0.29) is 6.79 Å². The van der Waals surface area contributed by atoms with Crippen molar-refractivity contribution in [3.63, 3.8) is 0 Å². The molecule has 0 spiro atoms. The molecule has 1 aromatic rings. The van der Waals surface area contributed by atoms with Crippen LogP contribution in [0.2, 0.25) is 0 Å². The first kappa shape index (κ1) is 15.5. The van der Waals surface area contributed by atoms with Crippen molar-refractivity contribution in [2.45, 2.75) is 25.4 Å². The van der Waals surface area contributed by atoms with Crippen LogP contribution in [0, 0.1) is 0 Å². The lowest BCUT2D eigenvalue weighted by molar-refractivity contribution is 0.170. The normalized spacial score (nSPS) is 14.5. The van der Waals surface area contributed by atoms with Gasteiger partial charge < -0.3 is 19.9 Å². The lowest BCUT2D eigenvalue weighted by Gasteiger charge is -2.12. The van der Waals surface area contributed by atoms with Gasteiger partial charge in [0, 0.05) is 6.54 Å². The smallest absolute Gasteiger partial charge is 0.231 e. The van der Waals surface area contributed by atoms with Crippen LogP contribution in [0.3, 0.4) is 0 Å². The summed E-state index contributed by atoms with van der Waals surface area (Å²) in [7, 11) is 0. The van der Waals surface area contributed by atoms with Gasteiger partial charge >= 0.3 is 0 Å². The van der Waals surface area contributed by atoms with E-state index in [0.717, 1.165) is 30.0 Å². The van der Waals surface area contributed by atoms with Gasteiger partial charge in [0.2, 0.25) is 6.79 Å². The zero-order valence-electron chi connectivity index (χ0n) is 11.9. The highest BCUT2D eigenvalue weighted by Gasteiger charge is 2.16. The summed E-state index contributed by atoms with van der Waals surface area (Å²) < 4.78 is 10.6. The number of hydrogen-bond donors (Lipinski definition) is 2. The Morgan fingerprint density at radius 3 is 2.95 bits per heavy atom. The molecule has 1 heterocycles. The first-order chi connectivity index (χ1) is 9.81. The molecule has 1 aliphatic heterocycles. The SMILES string of the molecule is CSCCCCCNCC(O)c1ccc2c(c1)OCO2. The molecule has 0 radical (unpaired) electrons. The van der Waals surface area contributed by atoms with Crippen molar-refractivity contribution in [1.29, 1.82) is 0 Å². The van der Waals surface area contributed by atoms with Crippen molar-refractivity contribution < 1.29 is 14.6 Å². The minimum absolute atomic E-state index is 0.267. The van der Waals surface area contributed by atoms with Crippen molar-refractivity contribution in [3.8, 4) is 11.5 Å². The van der Waals surface area contributed by atoms with E-state index in [2.05, 4.69) is 11.6 Å². The number of benzene rings is 1. The summed E-state index contributed by atoms with van der Waals surface area (Å²) in [4.78, 5) is 0. The number of ether oxygens (including phenoxy) is 2. The van der Waals surface area contributed by atoms with E-state index < -0.39 is 6.10 Å². The third kappa shape index (κ3) is 4.58. The number of aliphatic hydroxyl groups excluding tert-OH is 1. The average Bonchev–Trinajstić information content (AvgIpc) is 2.93. The molecule has 0 bridgehead atoms. The largest absolute Gasteiger partial charge is 0.454 e. The Labute approximate surface area is 124 Å². The third-order valence-corrected chi connectivity index (χ3v) is 4.02. The van der Waals surface area contributed by atoms with Crippen LogP contribution in [0.4, 0.5) is 0 Å². The van der Waals surface area contributed by atoms with Gasteiger partial charge in [0.15, 0.2) is 11.5 Å². The molecule has 0 aromatic heterocycles. The molecule has 5 heteroatoms. The number of hydrogen-bond acceptors (Lipinski definition) is 5. The van der Waals surface area contributed by atoms with E-state index >= 15 is 0 Å². The molecule has 1 unspecified atom stereocenters. The standard InChI is InChI=1S/C15H23NO3S/c1-20-8-4-2-3-7-16-10-13(17)12-5-6-14-15(9-12)19-11-18-14/h5-6,9,13,16-17H,2-4,7-8,10-11H2,1H3. The van der Waals surface area contributed by atoms with Crippen molar-refractivity contribution in [2.75, 3.05) is 31.9 Å². The fourth-order valence-corrected chi connectivity index (χ4v) is 2.64. The molecule has 0 amide bonds. The van der Waals surface area contributed by atoms with Crippen molar-refractivity contribution >= 4 is 11.8 Å². The highest BCUT2D eigenvalue weighted by atomic mass is 32.2. The van der Waals surface area contributed by atoms with Gasteiger partial charge in [0.25, 0.3) is 0 Å². The lowest BCUT2D eigenvalue weighted by Crippen LogP contribution is -2.22. The van der Waals surface area contributed by atoms with Crippen LogP contribution in [0.25, 0.3) is 0 Å². The van der Waals surface area contributed by atoms with Gasteiger partial charge in [-0.25, -0.2) is 0 Å². The highest BCUT2D eigenvalue weighted by Crippen LogP contribution is 2.34. The van der Waals surface area contributed by atoms with Crippen LogP contribution in [0.5, 0.6) is 11.5 Å². The Kier molecular flexibility index (Phi) is 6.50. The first-order valence-corrected chi connectivity index (χ1v) is 8.48. The average molecular weight is 297 g/mol. The summed E-state index contributed by atoms with van der Waals surface area (Å²) in [6.45, 7) is 1.79. The number of aliphatic hydroxyl groups is 1. The molecule has 4 nitrogen and oxygen atoms in total. The monoisotopic (exact) mass is 297 g/mol. The quantitative estimate of drug-likeness (QED) is 0.686. The highest BCUT2D eigenvalue weighted by molar-refractivity contribution is 7.98. The number of thioether (sulfide) groups is 1. The summed E-state index contributed by atoms with van der Waals surface area (Å²) in [5.74, 6) is 2.71. The minimum atomic E-state index is -0.504. The number of nitrogens with one attached hydrogen (secondary N) is 1. The van der Waals surface area contributed by atoms with Crippen LogP contribution in [-0.2, 0) is 0 Å². The summed E-state index contributed by atoms with van der Waals surface area (Å²) >= 11 is 1.89. The minimum Gasteiger partial charge on any atom is -0.454 e. The molecule has 20 heavy (non-hydrogen) atoms. The third-order valence-electron chi connectivity index (χ3n) is 3.32. The molecule has 0 saturated carbocycles.